The van der Waals surface area contributed by atoms with E-state index in [1.807, 2.05) is 74.5 Å². The summed E-state index contributed by atoms with van der Waals surface area (Å²) in [5.41, 5.74) is 1.05. The van der Waals surface area contributed by atoms with Gasteiger partial charge in [-0.3, -0.25) is 5.32 Å². The van der Waals surface area contributed by atoms with Crippen LogP contribution in [0.25, 0.3) is 0 Å². The Morgan fingerprint density at radius 1 is 1.00 bits per heavy atom. The lowest BCUT2D eigenvalue weighted by Gasteiger charge is -2.23. The second-order valence-electron chi connectivity index (χ2n) is 6.44. The molecule has 0 radical (unpaired) electrons. The maximum atomic E-state index is 12.3. The molecule has 2 aromatic carbocycles. The number of hydrogen-bond donors (Lipinski definition) is 2. The van der Waals surface area contributed by atoms with E-state index in [2.05, 4.69) is 5.32 Å². The maximum absolute atomic E-state index is 12.3. The molecule has 0 bridgehead atoms. The Kier molecular flexibility index (Phi) is 8.81. The van der Waals surface area contributed by atoms with Gasteiger partial charge in [0.25, 0.3) is 0 Å². The van der Waals surface area contributed by atoms with Gasteiger partial charge in [-0.05, 0) is 30.5 Å². The first kappa shape index (κ1) is 20.9. The van der Waals surface area contributed by atoms with Crippen molar-refractivity contribution in [2.24, 2.45) is 0 Å². The van der Waals surface area contributed by atoms with Crippen LogP contribution >= 0.6 is 0 Å². The molecule has 0 aromatic heterocycles. The van der Waals surface area contributed by atoms with Crippen LogP contribution in [0.2, 0.25) is 0 Å². The van der Waals surface area contributed by atoms with Crippen molar-refractivity contribution in [3.63, 3.8) is 0 Å². The Morgan fingerprint density at radius 3 is 2.22 bits per heavy atom. The first-order chi connectivity index (χ1) is 13.1. The minimum absolute atomic E-state index is 0.123. The molecule has 5 heteroatoms. The number of nitrogens with one attached hydrogen (secondary N) is 1. The number of hydrogen-bond acceptors (Lipinski definition) is 5. The fourth-order valence-electron chi connectivity index (χ4n) is 2.69. The Balaban J connectivity index is 1.80. The van der Waals surface area contributed by atoms with Crippen molar-refractivity contribution in [1.82, 2.24) is 5.32 Å². The van der Waals surface area contributed by atoms with Crippen LogP contribution in [0.3, 0.4) is 0 Å². The highest BCUT2D eigenvalue weighted by Gasteiger charge is 2.22. The summed E-state index contributed by atoms with van der Waals surface area (Å²) in [6, 6.07) is 18.9. The fourth-order valence-corrected chi connectivity index (χ4v) is 2.69. The van der Waals surface area contributed by atoms with Crippen LogP contribution in [-0.4, -0.2) is 36.1 Å². The van der Waals surface area contributed by atoms with Gasteiger partial charge < -0.3 is 14.6 Å². The average molecular weight is 371 g/mol. The minimum Gasteiger partial charge on any atom is -0.479 e. The number of carbonyl (C=O) groups excluding carboxylic acids is 1. The summed E-state index contributed by atoms with van der Waals surface area (Å²) in [5, 5.41) is 13.4. The largest absolute Gasteiger partial charge is 0.479 e. The third kappa shape index (κ3) is 7.41. The highest BCUT2D eigenvalue weighted by molar-refractivity contribution is 5.75. The van der Waals surface area contributed by atoms with E-state index < -0.39 is 12.3 Å². The highest BCUT2D eigenvalue weighted by Crippen LogP contribution is 2.13. The monoisotopic (exact) mass is 371 g/mol. The zero-order valence-corrected chi connectivity index (χ0v) is 16.0. The third-order valence-electron chi connectivity index (χ3n) is 4.27. The quantitative estimate of drug-likeness (QED) is 0.468. The minimum atomic E-state index is -0.696. The first-order valence-electron chi connectivity index (χ1n) is 9.48. The van der Waals surface area contributed by atoms with Crippen LogP contribution in [0.15, 0.2) is 60.7 Å². The molecule has 0 fully saturated rings. The lowest BCUT2D eigenvalue weighted by atomic mass is 10.1. The summed E-state index contributed by atoms with van der Waals surface area (Å²) < 4.78 is 11.1. The molecule has 1 unspecified atom stereocenters. The highest BCUT2D eigenvalue weighted by atomic mass is 16.6. The number of benzene rings is 2. The molecule has 2 N–H and O–H groups in total. The van der Waals surface area contributed by atoms with Gasteiger partial charge in [-0.2, -0.15) is 0 Å². The van der Waals surface area contributed by atoms with Crippen LogP contribution in [-0.2, 0) is 16.0 Å². The van der Waals surface area contributed by atoms with Gasteiger partial charge in [0, 0.05) is 12.5 Å². The van der Waals surface area contributed by atoms with Gasteiger partial charge >= 0.3 is 5.97 Å². The Morgan fingerprint density at radius 2 is 1.63 bits per heavy atom. The topological polar surface area (TPSA) is 67.8 Å². The SMILES string of the molecule is CCC(Oc1ccccc1)C(=O)OC[C@H](CC)N[C@H](O)Cc1ccccc1. The molecule has 0 saturated carbocycles. The van der Waals surface area contributed by atoms with Gasteiger partial charge in [-0.25, -0.2) is 4.79 Å². The van der Waals surface area contributed by atoms with Crippen molar-refractivity contribution in [3.05, 3.63) is 66.2 Å². The number of aliphatic hydroxyl groups excluding tert-OH is 1. The van der Waals surface area contributed by atoms with Crippen LogP contribution in [0, 0.1) is 0 Å². The van der Waals surface area contributed by atoms with Gasteiger partial charge in [0.1, 0.15) is 18.6 Å². The number of rotatable bonds is 11. The Labute approximate surface area is 161 Å². The number of carbonyl (C=O) groups is 1. The van der Waals surface area contributed by atoms with Crippen molar-refractivity contribution >= 4 is 5.97 Å². The zero-order valence-electron chi connectivity index (χ0n) is 16.0. The molecule has 5 nitrogen and oxygen atoms in total. The second kappa shape index (κ2) is 11.4. The predicted octanol–water partition coefficient (Wildman–Crippen LogP) is 3.32. The molecule has 27 heavy (non-hydrogen) atoms. The van der Waals surface area contributed by atoms with Crippen molar-refractivity contribution in [1.29, 1.82) is 0 Å². The molecule has 2 aromatic rings. The summed E-state index contributed by atoms with van der Waals surface area (Å²) in [7, 11) is 0. The predicted molar refractivity (Wildman–Crippen MR) is 105 cm³/mol. The summed E-state index contributed by atoms with van der Waals surface area (Å²) in [5.74, 6) is 0.254. The average Bonchev–Trinajstić information content (AvgIpc) is 2.70. The third-order valence-corrected chi connectivity index (χ3v) is 4.27. The molecule has 3 atom stereocenters. The molecule has 0 aliphatic heterocycles. The lowest BCUT2D eigenvalue weighted by Crippen LogP contribution is -2.43. The lowest BCUT2D eigenvalue weighted by molar-refractivity contribution is -0.153. The molecular formula is C22H29NO4. The van der Waals surface area contributed by atoms with Gasteiger partial charge in [-0.1, -0.05) is 62.4 Å². The van der Waals surface area contributed by atoms with Crippen molar-refractivity contribution in [2.45, 2.75) is 51.5 Å². The van der Waals surface area contributed by atoms with E-state index in [1.54, 1.807) is 0 Å². The van der Waals surface area contributed by atoms with Crippen LogP contribution < -0.4 is 10.1 Å². The number of esters is 1. The van der Waals surface area contributed by atoms with E-state index in [0.717, 1.165) is 12.0 Å². The van der Waals surface area contributed by atoms with Crippen molar-refractivity contribution < 1.29 is 19.4 Å². The van der Waals surface area contributed by atoms with Crippen LogP contribution in [0.5, 0.6) is 5.75 Å². The summed E-state index contributed by atoms with van der Waals surface area (Å²) in [6.45, 7) is 4.06. The first-order valence-corrected chi connectivity index (χ1v) is 9.48. The van der Waals surface area contributed by atoms with E-state index >= 15 is 0 Å². The molecular weight excluding hydrogens is 342 g/mol. The second-order valence-corrected chi connectivity index (χ2v) is 6.44. The number of aliphatic hydroxyl groups is 1. The van der Waals surface area contributed by atoms with E-state index in [4.69, 9.17) is 9.47 Å². The van der Waals surface area contributed by atoms with E-state index in [-0.39, 0.29) is 18.6 Å². The van der Waals surface area contributed by atoms with Crippen molar-refractivity contribution in [3.8, 4) is 5.75 Å². The van der Waals surface area contributed by atoms with E-state index in [1.165, 1.54) is 0 Å². The van der Waals surface area contributed by atoms with Gasteiger partial charge in [-0.15, -0.1) is 0 Å². The van der Waals surface area contributed by atoms with Gasteiger partial charge in [0.2, 0.25) is 0 Å². The molecule has 2 rings (SSSR count). The Bertz CT molecular complexity index is 663. The van der Waals surface area contributed by atoms with Gasteiger partial charge in [0.15, 0.2) is 6.10 Å². The number of ether oxygens (including phenoxy) is 2. The van der Waals surface area contributed by atoms with Crippen LogP contribution in [0.4, 0.5) is 0 Å². The fraction of sp³-hybridized carbons (Fsp3) is 0.409. The van der Waals surface area contributed by atoms with Crippen LogP contribution in [0.1, 0.15) is 32.3 Å². The summed E-state index contributed by atoms with van der Waals surface area (Å²) in [4.78, 5) is 12.3. The molecule has 0 amide bonds. The molecule has 0 spiro atoms. The molecule has 0 heterocycles. The Hall–Kier alpha value is -2.37. The zero-order chi connectivity index (χ0) is 19.5. The summed E-state index contributed by atoms with van der Waals surface area (Å²) in [6.07, 6.45) is 0.419. The summed E-state index contributed by atoms with van der Waals surface area (Å²) >= 11 is 0. The maximum Gasteiger partial charge on any atom is 0.347 e. The smallest absolute Gasteiger partial charge is 0.347 e. The van der Waals surface area contributed by atoms with Crippen molar-refractivity contribution in [2.75, 3.05) is 6.61 Å². The molecule has 0 aliphatic rings. The van der Waals surface area contributed by atoms with E-state index in [0.29, 0.717) is 18.6 Å². The standard InChI is InChI=1S/C22H29NO4/c1-3-18(23-21(24)15-17-11-7-5-8-12-17)16-26-22(25)20(4-2)27-19-13-9-6-10-14-19/h5-14,18,20-21,23-24H,3-4,15-16H2,1-2H3/t18-,20?,21+/m0/s1. The molecule has 146 valence electrons. The molecule has 0 saturated heterocycles. The van der Waals surface area contributed by atoms with E-state index in [9.17, 15) is 9.90 Å². The molecule has 0 aliphatic carbocycles. The van der Waals surface area contributed by atoms with Gasteiger partial charge in [0.05, 0.1) is 0 Å². The number of para-hydroxylation sites is 1. The normalized spacial score (nSPS) is 14.2.